The molecule has 156 valence electrons. The van der Waals surface area contributed by atoms with Gasteiger partial charge in [-0.2, -0.15) is 0 Å². The highest BCUT2D eigenvalue weighted by atomic mass is 35.5. The molecule has 0 spiro atoms. The van der Waals surface area contributed by atoms with E-state index >= 15 is 0 Å². The third-order valence-corrected chi connectivity index (χ3v) is 5.62. The van der Waals surface area contributed by atoms with Gasteiger partial charge in [0.05, 0.1) is 13.2 Å². The van der Waals surface area contributed by atoms with E-state index in [9.17, 15) is 14.6 Å². The predicted molar refractivity (Wildman–Crippen MR) is 113 cm³/mol. The van der Waals surface area contributed by atoms with Gasteiger partial charge >= 0.3 is 0 Å². The van der Waals surface area contributed by atoms with Crippen LogP contribution >= 0.6 is 11.6 Å². The van der Waals surface area contributed by atoms with Gasteiger partial charge in [-0.15, -0.1) is 0 Å². The zero-order valence-electron chi connectivity index (χ0n) is 16.2. The van der Waals surface area contributed by atoms with Crippen molar-refractivity contribution >= 4 is 17.3 Å². The van der Waals surface area contributed by atoms with E-state index in [4.69, 9.17) is 16.3 Å². The first-order valence-electron chi connectivity index (χ1n) is 9.75. The molecule has 2 heterocycles. The lowest BCUT2D eigenvalue weighted by atomic mass is 9.98. The molecule has 1 aliphatic heterocycles. The zero-order valence-corrected chi connectivity index (χ0v) is 17.0. The molecule has 2 N–H and O–H groups in total. The Morgan fingerprint density at radius 3 is 2.80 bits per heavy atom. The fraction of sp³-hybridized carbons (Fsp3) is 0.261. The molecule has 3 aromatic rings. The predicted octanol–water partition coefficient (Wildman–Crippen LogP) is 4.11. The van der Waals surface area contributed by atoms with E-state index in [-0.39, 0.29) is 18.6 Å². The number of aliphatic hydroxyl groups excluding tert-OH is 2. The van der Waals surface area contributed by atoms with Crippen LogP contribution in [-0.4, -0.2) is 34.4 Å². The summed E-state index contributed by atoms with van der Waals surface area (Å²) in [6, 6.07) is 15.5. The second-order valence-electron chi connectivity index (χ2n) is 7.24. The zero-order chi connectivity index (χ0) is 21.1. The Balaban J connectivity index is 1.51. The van der Waals surface area contributed by atoms with E-state index in [2.05, 4.69) is 9.88 Å². The summed E-state index contributed by atoms with van der Waals surface area (Å²) >= 11 is 6.21. The van der Waals surface area contributed by atoms with Crippen LogP contribution in [0.1, 0.15) is 29.2 Å². The highest BCUT2D eigenvalue weighted by molar-refractivity contribution is 6.31. The SMILES string of the molecule is OCc1cc([C@@H](O)c2ccccc2Cl)ccc1N1CC[C@H](Oc2ncccc2F)C1. The monoisotopic (exact) mass is 428 g/mol. The summed E-state index contributed by atoms with van der Waals surface area (Å²) in [5.74, 6) is -0.477. The minimum absolute atomic E-state index is 0.00458. The van der Waals surface area contributed by atoms with Crippen molar-refractivity contribution in [2.24, 2.45) is 0 Å². The molecule has 2 atom stereocenters. The molecule has 5 nitrogen and oxygen atoms in total. The van der Waals surface area contributed by atoms with Gasteiger partial charge in [-0.25, -0.2) is 9.37 Å². The molecular formula is C23H22ClFN2O3. The van der Waals surface area contributed by atoms with Gasteiger partial charge in [-0.1, -0.05) is 35.9 Å². The molecule has 0 saturated carbocycles. The molecule has 7 heteroatoms. The molecule has 0 radical (unpaired) electrons. The maximum Gasteiger partial charge on any atom is 0.250 e. The van der Waals surface area contributed by atoms with Crippen molar-refractivity contribution in [3.05, 3.63) is 88.3 Å². The van der Waals surface area contributed by atoms with E-state index in [1.807, 2.05) is 24.3 Å². The second kappa shape index (κ2) is 9.00. The van der Waals surface area contributed by atoms with Crippen LogP contribution in [0, 0.1) is 5.82 Å². The lowest BCUT2D eigenvalue weighted by Gasteiger charge is -2.23. The summed E-state index contributed by atoms with van der Waals surface area (Å²) in [7, 11) is 0. The van der Waals surface area contributed by atoms with Crippen molar-refractivity contribution in [1.82, 2.24) is 4.98 Å². The number of rotatable bonds is 6. The molecule has 1 saturated heterocycles. The highest BCUT2D eigenvalue weighted by Gasteiger charge is 2.27. The Labute approximate surface area is 179 Å². The first kappa shape index (κ1) is 20.6. The fourth-order valence-corrected chi connectivity index (χ4v) is 3.99. The highest BCUT2D eigenvalue weighted by Crippen LogP contribution is 2.33. The van der Waals surface area contributed by atoms with E-state index in [0.717, 1.165) is 5.69 Å². The van der Waals surface area contributed by atoms with Crippen LogP contribution in [0.15, 0.2) is 60.8 Å². The number of halogens is 2. The average molecular weight is 429 g/mol. The molecule has 0 aliphatic carbocycles. The lowest BCUT2D eigenvalue weighted by Crippen LogP contribution is -2.26. The number of pyridine rings is 1. The summed E-state index contributed by atoms with van der Waals surface area (Å²) in [5.41, 5.74) is 2.82. The van der Waals surface area contributed by atoms with E-state index in [0.29, 0.717) is 41.2 Å². The van der Waals surface area contributed by atoms with Gasteiger partial charge in [0.2, 0.25) is 0 Å². The van der Waals surface area contributed by atoms with Crippen LogP contribution in [0.4, 0.5) is 10.1 Å². The van der Waals surface area contributed by atoms with Gasteiger partial charge in [-0.3, -0.25) is 0 Å². The number of benzene rings is 2. The van der Waals surface area contributed by atoms with Crippen LogP contribution < -0.4 is 9.64 Å². The van der Waals surface area contributed by atoms with Crippen molar-refractivity contribution in [2.75, 3.05) is 18.0 Å². The number of ether oxygens (including phenoxy) is 1. The van der Waals surface area contributed by atoms with Gasteiger partial charge in [0.15, 0.2) is 5.82 Å². The standard InChI is InChI=1S/C23H22ClFN2O3/c24-19-5-2-1-4-18(19)22(29)15-7-8-21(16(12-15)14-28)27-11-9-17(13-27)30-23-20(25)6-3-10-26-23/h1-8,10,12,17,22,28-29H,9,11,13-14H2/t17-,22+/m0/s1. The maximum atomic E-state index is 13.8. The molecule has 30 heavy (non-hydrogen) atoms. The van der Waals surface area contributed by atoms with Crippen LogP contribution in [0.25, 0.3) is 0 Å². The molecule has 1 fully saturated rings. The number of hydrogen-bond acceptors (Lipinski definition) is 5. The summed E-state index contributed by atoms with van der Waals surface area (Å²) in [5, 5.41) is 21.1. The minimum Gasteiger partial charge on any atom is -0.470 e. The summed E-state index contributed by atoms with van der Waals surface area (Å²) < 4.78 is 19.5. The fourth-order valence-electron chi connectivity index (χ4n) is 3.75. The topological polar surface area (TPSA) is 65.8 Å². The number of aliphatic hydroxyl groups is 2. The molecule has 1 aliphatic rings. The van der Waals surface area contributed by atoms with Crippen molar-refractivity contribution in [3.63, 3.8) is 0 Å². The Bertz CT molecular complexity index is 1030. The maximum absolute atomic E-state index is 13.8. The molecule has 0 bridgehead atoms. The van der Waals surface area contributed by atoms with Crippen LogP contribution in [0.5, 0.6) is 5.88 Å². The van der Waals surface area contributed by atoms with Crippen molar-refractivity contribution in [2.45, 2.75) is 25.2 Å². The van der Waals surface area contributed by atoms with Crippen molar-refractivity contribution in [1.29, 1.82) is 0 Å². The lowest BCUT2D eigenvalue weighted by molar-refractivity contribution is 0.205. The normalized spacial score (nSPS) is 17.2. The van der Waals surface area contributed by atoms with Crippen LogP contribution in [0.2, 0.25) is 5.02 Å². The van der Waals surface area contributed by atoms with Crippen LogP contribution in [0.3, 0.4) is 0 Å². The molecule has 4 rings (SSSR count). The van der Waals surface area contributed by atoms with Gasteiger partial charge in [-0.05, 0) is 35.9 Å². The third kappa shape index (κ3) is 4.26. The quantitative estimate of drug-likeness (QED) is 0.618. The van der Waals surface area contributed by atoms with E-state index < -0.39 is 11.9 Å². The number of nitrogens with zero attached hydrogens (tertiary/aromatic N) is 2. The van der Waals surface area contributed by atoms with Gasteiger partial charge in [0, 0.05) is 41.0 Å². The van der Waals surface area contributed by atoms with Crippen molar-refractivity contribution in [3.8, 4) is 5.88 Å². The average Bonchev–Trinajstić information content (AvgIpc) is 3.23. The number of anilines is 1. The first-order chi connectivity index (χ1) is 14.6. The molecular weight excluding hydrogens is 407 g/mol. The summed E-state index contributed by atoms with van der Waals surface area (Å²) in [4.78, 5) is 6.03. The second-order valence-corrected chi connectivity index (χ2v) is 7.64. The van der Waals surface area contributed by atoms with E-state index in [1.165, 1.54) is 18.3 Å². The molecule has 0 unspecified atom stereocenters. The Morgan fingerprint density at radius 2 is 2.03 bits per heavy atom. The smallest absolute Gasteiger partial charge is 0.250 e. The molecule has 0 amide bonds. The molecule has 2 aromatic carbocycles. The number of hydrogen-bond donors (Lipinski definition) is 2. The van der Waals surface area contributed by atoms with Crippen molar-refractivity contribution < 1.29 is 19.3 Å². The van der Waals surface area contributed by atoms with Gasteiger partial charge in [0.25, 0.3) is 5.88 Å². The third-order valence-electron chi connectivity index (χ3n) is 5.28. The largest absolute Gasteiger partial charge is 0.470 e. The van der Waals surface area contributed by atoms with Gasteiger partial charge in [0.1, 0.15) is 12.2 Å². The van der Waals surface area contributed by atoms with Crippen LogP contribution in [-0.2, 0) is 6.61 Å². The summed E-state index contributed by atoms with van der Waals surface area (Å²) in [6.45, 7) is 1.09. The minimum atomic E-state index is -0.889. The Morgan fingerprint density at radius 1 is 1.20 bits per heavy atom. The van der Waals surface area contributed by atoms with Gasteiger partial charge < -0.3 is 19.8 Å². The number of aromatic nitrogens is 1. The Hall–Kier alpha value is -2.67. The summed E-state index contributed by atoms with van der Waals surface area (Å²) in [6.07, 6.45) is 1.12. The molecule has 1 aromatic heterocycles. The first-order valence-corrected chi connectivity index (χ1v) is 10.1. The van der Waals surface area contributed by atoms with E-state index in [1.54, 1.807) is 18.2 Å². The Kier molecular flexibility index (Phi) is 6.18.